The van der Waals surface area contributed by atoms with Crippen molar-refractivity contribution < 1.29 is 36.4 Å². The fourth-order valence-electron chi connectivity index (χ4n) is 3.09. The van der Waals surface area contributed by atoms with E-state index in [1.54, 1.807) is 0 Å². The van der Waals surface area contributed by atoms with Crippen LogP contribution in [0.3, 0.4) is 0 Å². The Hall–Kier alpha value is -2.48. The second-order valence-corrected chi connectivity index (χ2v) is 8.56. The third-order valence-corrected chi connectivity index (χ3v) is 6.48. The molecule has 30 heavy (non-hydrogen) atoms. The molecule has 1 aromatic heterocycles. The molecule has 1 amide bonds. The number of aromatic nitrogens is 1. The minimum absolute atomic E-state index is 0.0792. The molecule has 0 aliphatic carbocycles. The van der Waals surface area contributed by atoms with Gasteiger partial charge >= 0.3 is 7.12 Å². The van der Waals surface area contributed by atoms with Gasteiger partial charge in [-0.2, -0.15) is 4.31 Å². The molecule has 2 atom stereocenters. The van der Waals surface area contributed by atoms with Gasteiger partial charge in [-0.25, -0.2) is 21.6 Å². The minimum atomic E-state index is -4.25. The Balaban J connectivity index is 1.76. The maximum Gasteiger partial charge on any atom is 0.491 e. The lowest BCUT2D eigenvalue weighted by Gasteiger charge is -2.23. The number of hydrogen-bond donors (Lipinski definition) is 3. The van der Waals surface area contributed by atoms with Gasteiger partial charge in [0.1, 0.15) is 23.8 Å². The number of nitrogens with zero attached hydrogens (tertiary/aromatic N) is 2. The van der Waals surface area contributed by atoms with Crippen LogP contribution in [0, 0.1) is 11.6 Å². The first-order valence-corrected chi connectivity index (χ1v) is 10.2. The largest absolute Gasteiger partial charge is 0.491 e. The molecular formula is C17H17BF3N3O5S. The molecule has 1 fully saturated rings. The minimum Gasteiger partial charge on any atom is -0.423 e. The topological polar surface area (TPSA) is 120 Å². The fraction of sp³-hybridized carbons (Fsp3) is 0.294. The number of alkyl halides is 1. The third-order valence-electron chi connectivity index (χ3n) is 4.59. The molecule has 1 aliphatic heterocycles. The van der Waals surface area contributed by atoms with E-state index >= 15 is 0 Å². The predicted octanol–water partition coefficient (Wildman–Crippen LogP) is -0.543. The quantitative estimate of drug-likeness (QED) is 0.516. The predicted molar refractivity (Wildman–Crippen MR) is 99.5 cm³/mol. The molecule has 2 heterocycles. The molecule has 1 aliphatic rings. The van der Waals surface area contributed by atoms with Crippen LogP contribution in [0.1, 0.15) is 12.1 Å². The number of sulfonamides is 1. The molecular weight excluding hydrogens is 426 g/mol. The van der Waals surface area contributed by atoms with Gasteiger partial charge < -0.3 is 15.4 Å². The van der Waals surface area contributed by atoms with Crippen molar-refractivity contribution in [1.29, 1.82) is 0 Å². The van der Waals surface area contributed by atoms with E-state index < -0.39 is 58.9 Å². The summed E-state index contributed by atoms with van der Waals surface area (Å²) in [7, 11) is -6.34. The number of rotatable bonds is 6. The Kier molecular flexibility index (Phi) is 6.46. The lowest BCUT2D eigenvalue weighted by molar-refractivity contribution is -0.124. The van der Waals surface area contributed by atoms with Gasteiger partial charge in [0.05, 0.1) is 23.3 Å². The summed E-state index contributed by atoms with van der Waals surface area (Å²) >= 11 is 0. The van der Waals surface area contributed by atoms with Crippen LogP contribution >= 0.6 is 0 Å². The van der Waals surface area contributed by atoms with E-state index in [0.717, 1.165) is 36.5 Å². The van der Waals surface area contributed by atoms with E-state index in [0.29, 0.717) is 4.31 Å². The molecule has 0 radical (unpaired) electrons. The number of hydrogen-bond acceptors (Lipinski definition) is 6. The van der Waals surface area contributed by atoms with Crippen LogP contribution in [-0.2, 0) is 21.4 Å². The third kappa shape index (κ3) is 4.64. The molecule has 13 heteroatoms. The van der Waals surface area contributed by atoms with Gasteiger partial charge in [-0.3, -0.25) is 9.78 Å². The number of carbonyl (C=O) groups excluding carboxylic acids is 1. The highest BCUT2D eigenvalue weighted by atomic mass is 32.2. The Morgan fingerprint density at radius 2 is 1.93 bits per heavy atom. The van der Waals surface area contributed by atoms with Gasteiger partial charge in [0, 0.05) is 18.4 Å². The molecule has 2 aromatic rings. The molecule has 0 bridgehead atoms. The number of nitrogens with one attached hydrogen (secondary N) is 1. The van der Waals surface area contributed by atoms with Crippen molar-refractivity contribution in [2.45, 2.75) is 30.1 Å². The first-order chi connectivity index (χ1) is 14.1. The van der Waals surface area contributed by atoms with Crippen LogP contribution < -0.4 is 10.8 Å². The van der Waals surface area contributed by atoms with Crippen LogP contribution in [0.2, 0.25) is 0 Å². The molecule has 1 saturated heterocycles. The summed E-state index contributed by atoms with van der Waals surface area (Å²) in [6.07, 6.45) is -1.20. The van der Waals surface area contributed by atoms with Crippen LogP contribution in [0.4, 0.5) is 13.2 Å². The highest BCUT2D eigenvalue weighted by Crippen LogP contribution is 2.28. The van der Waals surface area contributed by atoms with Gasteiger partial charge in [-0.05, 0) is 30.3 Å². The average Bonchev–Trinajstić information content (AvgIpc) is 3.10. The van der Waals surface area contributed by atoms with Crippen LogP contribution in [-0.4, -0.2) is 59.5 Å². The Morgan fingerprint density at radius 1 is 1.27 bits per heavy atom. The zero-order valence-electron chi connectivity index (χ0n) is 15.4. The zero-order chi connectivity index (χ0) is 22.1. The molecule has 0 spiro atoms. The van der Waals surface area contributed by atoms with Gasteiger partial charge in [-0.15, -0.1) is 0 Å². The van der Waals surface area contributed by atoms with Crippen molar-refractivity contribution in [3.8, 4) is 0 Å². The standard InChI is InChI=1S/C17H17BF3N3O5S/c19-10-1-3-13(4-2-10)30(28,29)24-9-11(20)5-16(24)17(25)23-7-12-6-14(18(26)27)15(21)8-22-12/h1-4,6,8,11,16,26-27H,5,7,9H2,(H,23,25). The molecule has 2 unspecified atom stereocenters. The maximum atomic E-state index is 14.0. The number of amides is 1. The zero-order valence-corrected chi connectivity index (χ0v) is 16.2. The highest BCUT2D eigenvalue weighted by Gasteiger charge is 2.44. The van der Waals surface area contributed by atoms with Crippen molar-refractivity contribution in [1.82, 2.24) is 14.6 Å². The van der Waals surface area contributed by atoms with E-state index in [9.17, 15) is 26.4 Å². The second-order valence-electron chi connectivity index (χ2n) is 6.67. The first-order valence-electron chi connectivity index (χ1n) is 8.79. The van der Waals surface area contributed by atoms with Crippen LogP contribution in [0.25, 0.3) is 0 Å². The number of halogens is 3. The molecule has 8 nitrogen and oxygen atoms in total. The lowest BCUT2D eigenvalue weighted by Crippen LogP contribution is -2.45. The Morgan fingerprint density at radius 3 is 2.57 bits per heavy atom. The molecule has 1 aromatic carbocycles. The number of benzene rings is 1. The summed E-state index contributed by atoms with van der Waals surface area (Å²) in [6.45, 7) is -0.815. The van der Waals surface area contributed by atoms with Gasteiger partial charge in [-0.1, -0.05) is 0 Å². The van der Waals surface area contributed by atoms with Crippen molar-refractivity contribution in [3.63, 3.8) is 0 Å². The Labute approximate surface area is 170 Å². The summed E-state index contributed by atoms with van der Waals surface area (Å²) in [6, 6.07) is 3.61. The summed E-state index contributed by atoms with van der Waals surface area (Å²) in [5.74, 6) is -2.40. The molecule has 0 saturated carbocycles. The van der Waals surface area contributed by atoms with E-state index in [2.05, 4.69) is 10.3 Å². The summed E-state index contributed by atoms with van der Waals surface area (Å²) in [4.78, 5) is 16.0. The summed E-state index contributed by atoms with van der Waals surface area (Å²) < 4.78 is 66.8. The summed E-state index contributed by atoms with van der Waals surface area (Å²) in [5, 5.41) is 20.6. The van der Waals surface area contributed by atoms with E-state index in [1.165, 1.54) is 0 Å². The molecule has 3 rings (SSSR count). The SMILES string of the molecule is O=C(NCc1cc(B(O)O)c(F)cn1)C1CC(F)CN1S(=O)(=O)c1ccc(F)cc1. The maximum absolute atomic E-state index is 14.0. The van der Waals surface area contributed by atoms with E-state index in [4.69, 9.17) is 10.0 Å². The molecule has 160 valence electrons. The van der Waals surface area contributed by atoms with Gasteiger partial charge in [0.15, 0.2) is 0 Å². The van der Waals surface area contributed by atoms with E-state index in [1.807, 2.05) is 0 Å². The monoisotopic (exact) mass is 443 g/mol. The van der Waals surface area contributed by atoms with Crippen molar-refractivity contribution in [2.75, 3.05) is 6.54 Å². The first kappa shape index (κ1) is 22.2. The van der Waals surface area contributed by atoms with E-state index in [-0.39, 0.29) is 23.6 Å². The number of pyridine rings is 1. The highest BCUT2D eigenvalue weighted by molar-refractivity contribution is 7.89. The fourth-order valence-corrected chi connectivity index (χ4v) is 4.72. The normalized spacial score (nSPS) is 19.6. The summed E-state index contributed by atoms with van der Waals surface area (Å²) in [5.41, 5.74) is -0.366. The van der Waals surface area contributed by atoms with Crippen molar-refractivity contribution in [3.05, 3.63) is 53.9 Å². The lowest BCUT2D eigenvalue weighted by atomic mass is 9.80. The van der Waals surface area contributed by atoms with Crippen LogP contribution in [0.5, 0.6) is 0 Å². The Bertz CT molecular complexity index is 1040. The second kappa shape index (κ2) is 8.72. The smallest absolute Gasteiger partial charge is 0.423 e. The average molecular weight is 443 g/mol. The van der Waals surface area contributed by atoms with Gasteiger partial charge in [0.25, 0.3) is 0 Å². The van der Waals surface area contributed by atoms with Crippen molar-refractivity contribution >= 4 is 28.5 Å². The molecule has 3 N–H and O–H groups in total. The van der Waals surface area contributed by atoms with Gasteiger partial charge in [0.2, 0.25) is 15.9 Å². The van der Waals surface area contributed by atoms with Crippen LogP contribution in [0.15, 0.2) is 41.4 Å². The van der Waals surface area contributed by atoms with Crippen molar-refractivity contribution in [2.24, 2.45) is 0 Å². The number of carbonyl (C=O) groups is 1.